The molecule has 5 nitrogen and oxygen atoms in total. The van der Waals surface area contributed by atoms with Crippen LogP contribution < -0.4 is 10.1 Å². The van der Waals surface area contributed by atoms with Gasteiger partial charge >= 0.3 is 0 Å². The third kappa shape index (κ3) is 4.42. The molecule has 1 aromatic carbocycles. The summed E-state index contributed by atoms with van der Waals surface area (Å²) in [5, 5.41) is 11.7. The van der Waals surface area contributed by atoms with Crippen molar-refractivity contribution in [1.82, 2.24) is 0 Å². The van der Waals surface area contributed by atoms with Crippen LogP contribution in [-0.2, 0) is 9.84 Å². The Morgan fingerprint density at radius 3 is 3.00 bits per heavy atom. The molecule has 0 aliphatic carbocycles. The Kier molecular flexibility index (Phi) is 4.85. The van der Waals surface area contributed by atoms with Crippen LogP contribution in [0, 0.1) is 11.3 Å². The number of ether oxygens (including phenoxy) is 1. The molecular weight excluding hydrogens is 276 g/mol. The molecule has 1 aliphatic rings. The van der Waals surface area contributed by atoms with Gasteiger partial charge in [-0.2, -0.15) is 5.26 Å². The highest BCUT2D eigenvalue weighted by atomic mass is 32.2. The lowest BCUT2D eigenvalue weighted by molar-refractivity contribution is 0.313. The van der Waals surface area contributed by atoms with Gasteiger partial charge in [-0.3, -0.25) is 0 Å². The number of hydrogen-bond donors (Lipinski definition) is 1. The average molecular weight is 294 g/mol. The minimum Gasteiger partial charge on any atom is -0.493 e. The molecule has 6 heteroatoms. The van der Waals surface area contributed by atoms with Gasteiger partial charge in [0.15, 0.2) is 9.84 Å². The molecule has 20 heavy (non-hydrogen) atoms. The zero-order valence-corrected chi connectivity index (χ0v) is 12.0. The number of unbranched alkanes of at least 4 members (excludes halogenated alkanes) is 1. The predicted molar refractivity (Wildman–Crippen MR) is 77.5 cm³/mol. The number of nitrogens with zero attached hydrogens (tertiary/aromatic N) is 1. The number of sulfone groups is 1. The summed E-state index contributed by atoms with van der Waals surface area (Å²) in [5.41, 5.74) is 0.866. The van der Waals surface area contributed by atoms with Crippen molar-refractivity contribution in [3.63, 3.8) is 0 Å². The maximum absolute atomic E-state index is 11.4. The molecule has 1 fully saturated rings. The van der Waals surface area contributed by atoms with Crippen LogP contribution in [0.5, 0.6) is 5.75 Å². The minimum absolute atomic E-state index is 0.0196. The second-order valence-corrected chi connectivity index (χ2v) is 7.11. The average Bonchev–Trinajstić information content (AvgIpc) is 2.74. The first-order valence-corrected chi connectivity index (χ1v) is 8.48. The number of anilines is 1. The van der Waals surface area contributed by atoms with Crippen molar-refractivity contribution >= 4 is 15.5 Å². The van der Waals surface area contributed by atoms with Crippen LogP contribution in [0.4, 0.5) is 5.69 Å². The fourth-order valence-electron chi connectivity index (χ4n) is 2.16. The third-order valence-corrected chi connectivity index (χ3v) is 4.91. The van der Waals surface area contributed by atoms with E-state index in [2.05, 4.69) is 11.4 Å². The second-order valence-electron chi connectivity index (χ2n) is 4.88. The van der Waals surface area contributed by atoms with Gasteiger partial charge in [-0.15, -0.1) is 0 Å². The van der Waals surface area contributed by atoms with E-state index in [1.807, 2.05) is 24.3 Å². The summed E-state index contributed by atoms with van der Waals surface area (Å²) < 4.78 is 28.4. The standard InChI is InChI=1S/C14H18N2O3S/c15-7-1-2-8-19-14-5-3-4-12(10-14)16-13-6-9-20(17,18)11-13/h3-5,10,13,16H,1-2,6,8-9,11H2. The van der Waals surface area contributed by atoms with Gasteiger partial charge in [0, 0.05) is 24.2 Å². The Balaban J connectivity index is 1.88. The highest BCUT2D eigenvalue weighted by Gasteiger charge is 2.27. The number of rotatable bonds is 6. The summed E-state index contributed by atoms with van der Waals surface area (Å²) in [7, 11) is -2.87. The van der Waals surface area contributed by atoms with Crippen molar-refractivity contribution in [3.8, 4) is 11.8 Å². The summed E-state index contributed by atoms with van der Waals surface area (Å²) in [6, 6.07) is 9.52. The van der Waals surface area contributed by atoms with Crippen molar-refractivity contribution in [2.75, 3.05) is 23.4 Å². The molecule has 0 amide bonds. The van der Waals surface area contributed by atoms with E-state index < -0.39 is 9.84 Å². The molecule has 108 valence electrons. The largest absolute Gasteiger partial charge is 0.493 e. The first-order chi connectivity index (χ1) is 9.59. The molecule has 1 unspecified atom stereocenters. The van der Waals surface area contributed by atoms with E-state index in [4.69, 9.17) is 10.00 Å². The Labute approximate surface area is 119 Å². The maximum atomic E-state index is 11.4. The SMILES string of the molecule is N#CCCCOc1cccc(NC2CCS(=O)(=O)C2)c1. The third-order valence-electron chi connectivity index (χ3n) is 3.14. The highest BCUT2D eigenvalue weighted by molar-refractivity contribution is 7.91. The second kappa shape index (κ2) is 6.62. The number of hydrogen-bond acceptors (Lipinski definition) is 5. The van der Waals surface area contributed by atoms with Gasteiger partial charge in [0.1, 0.15) is 5.75 Å². The molecule has 0 bridgehead atoms. The molecule has 0 spiro atoms. The van der Waals surface area contributed by atoms with Crippen molar-refractivity contribution in [2.24, 2.45) is 0 Å². The van der Waals surface area contributed by atoms with Crippen molar-refractivity contribution in [1.29, 1.82) is 5.26 Å². The van der Waals surface area contributed by atoms with Crippen LogP contribution in [0.25, 0.3) is 0 Å². The maximum Gasteiger partial charge on any atom is 0.152 e. The lowest BCUT2D eigenvalue weighted by Gasteiger charge is -2.13. The van der Waals surface area contributed by atoms with E-state index in [1.54, 1.807) is 0 Å². The lowest BCUT2D eigenvalue weighted by atomic mass is 10.2. The number of nitrogens with one attached hydrogen (secondary N) is 1. The Hall–Kier alpha value is -1.74. The molecule has 1 aromatic rings. The Morgan fingerprint density at radius 1 is 1.45 bits per heavy atom. The topological polar surface area (TPSA) is 79.2 Å². The van der Waals surface area contributed by atoms with E-state index in [0.717, 1.165) is 11.4 Å². The van der Waals surface area contributed by atoms with E-state index in [9.17, 15) is 8.42 Å². The van der Waals surface area contributed by atoms with Crippen LogP contribution in [0.2, 0.25) is 0 Å². The molecule has 0 aromatic heterocycles. The zero-order chi connectivity index (χ0) is 14.4. The van der Waals surface area contributed by atoms with Gasteiger partial charge in [0.25, 0.3) is 0 Å². The van der Waals surface area contributed by atoms with E-state index in [-0.39, 0.29) is 17.5 Å². The molecular formula is C14H18N2O3S. The fraction of sp³-hybridized carbons (Fsp3) is 0.500. The lowest BCUT2D eigenvalue weighted by Crippen LogP contribution is -2.20. The van der Waals surface area contributed by atoms with Crippen LogP contribution in [0.15, 0.2) is 24.3 Å². The minimum atomic E-state index is -2.87. The molecule has 1 N–H and O–H groups in total. The van der Waals surface area contributed by atoms with Gasteiger partial charge in [-0.05, 0) is 25.0 Å². The van der Waals surface area contributed by atoms with Gasteiger partial charge in [0.05, 0.1) is 24.2 Å². The summed E-state index contributed by atoms with van der Waals surface area (Å²) >= 11 is 0. The highest BCUT2D eigenvalue weighted by Crippen LogP contribution is 2.21. The first kappa shape index (κ1) is 14.7. The quantitative estimate of drug-likeness (QED) is 0.811. The molecule has 1 heterocycles. The monoisotopic (exact) mass is 294 g/mol. The zero-order valence-electron chi connectivity index (χ0n) is 11.2. The normalized spacial score (nSPS) is 20.2. The fourth-order valence-corrected chi connectivity index (χ4v) is 3.83. The van der Waals surface area contributed by atoms with Crippen LogP contribution in [-0.4, -0.2) is 32.6 Å². The van der Waals surface area contributed by atoms with Gasteiger partial charge in [-0.1, -0.05) is 6.07 Å². The first-order valence-electron chi connectivity index (χ1n) is 6.66. The van der Waals surface area contributed by atoms with Gasteiger partial charge in [-0.25, -0.2) is 8.42 Å². The molecule has 2 rings (SSSR count). The van der Waals surface area contributed by atoms with Crippen LogP contribution in [0.1, 0.15) is 19.3 Å². The Bertz CT molecular complexity index is 593. The van der Waals surface area contributed by atoms with Crippen LogP contribution >= 0.6 is 0 Å². The predicted octanol–water partition coefficient (Wildman–Crippen LogP) is 1.97. The smallest absolute Gasteiger partial charge is 0.152 e. The molecule has 1 saturated heterocycles. The Morgan fingerprint density at radius 2 is 2.30 bits per heavy atom. The van der Waals surface area contributed by atoms with Crippen molar-refractivity contribution in [3.05, 3.63) is 24.3 Å². The van der Waals surface area contributed by atoms with Crippen molar-refractivity contribution in [2.45, 2.75) is 25.3 Å². The van der Waals surface area contributed by atoms with Crippen molar-refractivity contribution < 1.29 is 13.2 Å². The van der Waals surface area contributed by atoms with Gasteiger partial charge < -0.3 is 10.1 Å². The van der Waals surface area contributed by atoms with E-state index in [1.165, 1.54) is 0 Å². The molecule has 0 radical (unpaired) electrons. The van der Waals surface area contributed by atoms with E-state index in [0.29, 0.717) is 25.9 Å². The summed E-state index contributed by atoms with van der Waals surface area (Å²) in [5.74, 6) is 1.18. The molecule has 1 atom stereocenters. The number of benzene rings is 1. The summed E-state index contributed by atoms with van der Waals surface area (Å²) in [6.45, 7) is 0.509. The van der Waals surface area contributed by atoms with Crippen LogP contribution in [0.3, 0.4) is 0 Å². The van der Waals surface area contributed by atoms with E-state index >= 15 is 0 Å². The molecule has 0 saturated carbocycles. The summed E-state index contributed by atoms with van der Waals surface area (Å²) in [4.78, 5) is 0. The van der Waals surface area contributed by atoms with Gasteiger partial charge in [0.2, 0.25) is 0 Å². The molecule has 1 aliphatic heterocycles. The number of nitriles is 1. The summed E-state index contributed by atoms with van der Waals surface area (Å²) in [6.07, 6.45) is 1.84.